The van der Waals surface area contributed by atoms with Crippen molar-refractivity contribution in [1.29, 1.82) is 11.1 Å². The van der Waals surface area contributed by atoms with Crippen LogP contribution in [0.4, 0.5) is 11.4 Å². The highest BCUT2D eigenvalue weighted by atomic mass is 16.1. The highest BCUT2D eigenvalue weighted by Crippen LogP contribution is 2.24. The third-order valence-electron chi connectivity index (χ3n) is 5.12. The number of hydrogen-bond donors (Lipinski definition) is 2. The first-order valence-corrected chi connectivity index (χ1v) is 9.65. The van der Waals surface area contributed by atoms with Gasteiger partial charge in [-0.05, 0) is 35.4 Å². The Bertz CT molecular complexity index is 1470. The van der Waals surface area contributed by atoms with Gasteiger partial charge in [0.2, 0.25) is 0 Å². The fourth-order valence-electron chi connectivity index (χ4n) is 3.52. The summed E-state index contributed by atoms with van der Waals surface area (Å²) in [7, 11) is 0. The quantitative estimate of drug-likeness (QED) is 0.396. The van der Waals surface area contributed by atoms with Gasteiger partial charge in [0.25, 0.3) is 0 Å². The molecule has 0 bridgehead atoms. The highest BCUT2D eigenvalue weighted by molar-refractivity contribution is 5.85. The zero-order valence-corrected chi connectivity index (χ0v) is 16.7. The van der Waals surface area contributed by atoms with Crippen molar-refractivity contribution in [3.8, 4) is 11.5 Å². The molecular weight excluding hydrogens is 408 g/mol. The molecule has 0 saturated heterocycles. The first kappa shape index (κ1) is 19.3. The Morgan fingerprint density at radius 1 is 0.812 bits per heavy atom. The third-order valence-corrected chi connectivity index (χ3v) is 5.12. The molecule has 0 spiro atoms. The number of benzene rings is 2. The van der Waals surface area contributed by atoms with E-state index in [1.54, 1.807) is 30.6 Å². The summed E-state index contributed by atoms with van der Waals surface area (Å²) in [5.74, 6) is 0.401. The fourth-order valence-corrected chi connectivity index (χ4v) is 3.52. The monoisotopic (exact) mass is 424 g/mol. The van der Waals surface area contributed by atoms with E-state index in [1.165, 1.54) is 10.9 Å². The molecule has 1 aromatic heterocycles. The van der Waals surface area contributed by atoms with Crippen LogP contribution in [0.2, 0.25) is 0 Å². The van der Waals surface area contributed by atoms with Gasteiger partial charge in [0.1, 0.15) is 17.5 Å². The van der Waals surface area contributed by atoms with Gasteiger partial charge in [-0.3, -0.25) is 4.57 Å². The van der Waals surface area contributed by atoms with E-state index in [-0.39, 0.29) is 6.54 Å². The summed E-state index contributed by atoms with van der Waals surface area (Å²) in [6.45, 7) is 0.784. The molecule has 156 valence electrons. The van der Waals surface area contributed by atoms with Gasteiger partial charge < -0.3 is 4.57 Å². The van der Waals surface area contributed by atoms with E-state index in [0.29, 0.717) is 40.6 Å². The molecule has 3 heterocycles. The Balaban J connectivity index is 1.52. The first-order chi connectivity index (χ1) is 15.7. The average molecular weight is 424 g/mol. The van der Waals surface area contributed by atoms with E-state index >= 15 is 0 Å². The Hall–Kier alpha value is -4.67. The molecule has 11 heteroatoms. The van der Waals surface area contributed by atoms with Crippen LogP contribution in [0.15, 0.2) is 76.2 Å². The molecule has 2 aliphatic heterocycles. The zero-order chi connectivity index (χ0) is 22.1. The molecule has 0 aliphatic carbocycles. The number of nitrogens with one attached hydrogen (secondary N) is 2. The molecule has 0 atom stereocenters. The second-order valence-electron chi connectivity index (χ2n) is 7.13. The minimum Gasteiger partial charge on any atom is -0.311 e. The smallest absolute Gasteiger partial charge is 0.311 e. The van der Waals surface area contributed by atoms with Crippen LogP contribution in [0.25, 0.3) is 22.7 Å². The summed E-state index contributed by atoms with van der Waals surface area (Å²) in [5.41, 5.74) is 18.1. The number of imidazole rings is 2. The lowest BCUT2D eigenvalue weighted by molar-refractivity contribution is 0.758. The second kappa shape index (κ2) is 7.87. The van der Waals surface area contributed by atoms with Crippen molar-refractivity contribution in [3.63, 3.8) is 0 Å². The number of aromatic nitrogens is 6. The van der Waals surface area contributed by atoms with Gasteiger partial charge in [0.05, 0.1) is 30.8 Å². The number of fused-ring (bicyclic) bond motifs is 3. The van der Waals surface area contributed by atoms with E-state index in [1.807, 2.05) is 28.8 Å². The van der Waals surface area contributed by atoms with Gasteiger partial charge in [-0.15, -0.1) is 0 Å². The van der Waals surface area contributed by atoms with Crippen LogP contribution >= 0.6 is 0 Å². The summed E-state index contributed by atoms with van der Waals surface area (Å²) in [5, 5.41) is 6.79. The summed E-state index contributed by atoms with van der Waals surface area (Å²) >= 11 is 0. The van der Waals surface area contributed by atoms with Crippen LogP contribution in [-0.2, 0) is 13.1 Å². The van der Waals surface area contributed by atoms with Gasteiger partial charge in [-0.1, -0.05) is 24.3 Å². The zero-order valence-electron chi connectivity index (χ0n) is 16.7. The maximum absolute atomic E-state index is 12.7. The van der Waals surface area contributed by atoms with Crippen LogP contribution in [0.3, 0.4) is 0 Å². The molecule has 2 aliphatic rings. The number of rotatable bonds is 6. The fraction of sp³-hybridized carbons (Fsp3) is 0.0952. The van der Waals surface area contributed by atoms with Crippen molar-refractivity contribution in [2.45, 2.75) is 13.1 Å². The van der Waals surface area contributed by atoms with E-state index in [4.69, 9.17) is 11.1 Å². The summed E-state index contributed by atoms with van der Waals surface area (Å²) < 4.78 is 3.33. The molecule has 5 rings (SSSR count). The van der Waals surface area contributed by atoms with Crippen LogP contribution in [0, 0.1) is 11.1 Å². The average Bonchev–Trinajstić information content (AvgIpc) is 3.29. The van der Waals surface area contributed by atoms with E-state index in [9.17, 15) is 4.79 Å². The van der Waals surface area contributed by atoms with Crippen molar-refractivity contribution in [2.24, 2.45) is 10.2 Å². The van der Waals surface area contributed by atoms with E-state index in [2.05, 4.69) is 30.2 Å². The Morgan fingerprint density at radius 2 is 1.44 bits per heavy atom. The van der Waals surface area contributed by atoms with Gasteiger partial charge in [-0.25, -0.2) is 30.8 Å². The molecule has 0 fully saturated rings. The minimum atomic E-state index is -0.418. The predicted molar refractivity (Wildman–Crippen MR) is 115 cm³/mol. The first-order valence-electron chi connectivity index (χ1n) is 9.65. The Labute approximate surface area is 180 Å². The topological polar surface area (TPSA) is 151 Å². The number of hydrogen-bond acceptors (Lipinski definition) is 9. The molecule has 0 unspecified atom stereocenters. The van der Waals surface area contributed by atoms with Crippen molar-refractivity contribution in [1.82, 2.24) is 29.1 Å². The molecule has 11 nitrogen and oxygen atoms in total. The predicted octanol–water partition coefficient (Wildman–Crippen LogP) is 3.91. The van der Waals surface area contributed by atoms with Crippen LogP contribution in [-0.4, -0.2) is 29.1 Å². The summed E-state index contributed by atoms with van der Waals surface area (Å²) in [6, 6.07) is 14.4. The molecule has 2 N–H and O–H groups in total. The van der Waals surface area contributed by atoms with Crippen LogP contribution < -0.4 is 5.69 Å². The second-order valence-corrected chi connectivity index (χ2v) is 7.13. The summed E-state index contributed by atoms with van der Waals surface area (Å²) in [4.78, 5) is 30.1. The molecule has 2 aromatic carbocycles. The van der Waals surface area contributed by atoms with Crippen molar-refractivity contribution >= 4 is 22.5 Å². The lowest BCUT2D eigenvalue weighted by atomic mass is 10.2. The highest BCUT2D eigenvalue weighted by Gasteiger charge is 2.21. The van der Waals surface area contributed by atoms with Crippen molar-refractivity contribution < 1.29 is 0 Å². The largest absolute Gasteiger partial charge is 0.350 e. The number of nitrogens with zero attached hydrogens (tertiary/aromatic N) is 8. The van der Waals surface area contributed by atoms with Gasteiger partial charge in [0.15, 0.2) is 11.5 Å². The van der Waals surface area contributed by atoms with Crippen molar-refractivity contribution in [3.05, 3.63) is 82.8 Å². The van der Waals surface area contributed by atoms with Crippen LogP contribution in [0.5, 0.6) is 0 Å². The van der Waals surface area contributed by atoms with Gasteiger partial charge in [0, 0.05) is 0 Å². The molecule has 32 heavy (non-hydrogen) atoms. The van der Waals surface area contributed by atoms with Crippen LogP contribution in [0.1, 0.15) is 11.1 Å². The normalized spacial score (nSPS) is 11.1. The van der Waals surface area contributed by atoms with Gasteiger partial charge >= 0.3 is 5.69 Å². The SMILES string of the molecule is N=Nc1ccc(Cn2c3ncnc4c(ncn4Cc4ccc(N=N)cc4)c-3nc2=O)cc1. The van der Waals surface area contributed by atoms with E-state index < -0.39 is 5.69 Å². The molecule has 0 radical (unpaired) electrons. The minimum absolute atomic E-state index is 0.278. The molecule has 0 amide bonds. The Kier molecular flexibility index (Phi) is 4.75. The third kappa shape index (κ3) is 3.41. The lowest BCUT2D eigenvalue weighted by Gasteiger charge is -2.04. The molecule has 3 aromatic rings. The van der Waals surface area contributed by atoms with E-state index in [0.717, 1.165) is 11.1 Å². The maximum atomic E-state index is 12.7. The summed E-state index contributed by atoms with van der Waals surface area (Å²) in [6.07, 6.45) is 3.07. The maximum Gasteiger partial charge on any atom is 0.350 e. The lowest BCUT2D eigenvalue weighted by Crippen LogP contribution is -2.17. The standard InChI is InChI=1S/C21H16N10O/c22-28-15-5-1-13(2-6-15)9-30-12-26-17-18-20(25-11-24-19(17)30)31(21(32)27-18)10-14-3-7-16(29-23)8-4-14/h1-8,11-12,22-23H,9-10H2. The molecular formula is C21H16N10O. The van der Waals surface area contributed by atoms with Crippen molar-refractivity contribution in [2.75, 3.05) is 0 Å². The molecule has 0 saturated carbocycles. The Morgan fingerprint density at radius 3 is 2.06 bits per heavy atom. The van der Waals surface area contributed by atoms with Gasteiger partial charge in [-0.2, -0.15) is 15.2 Å².